The van der Waals surface area contributed by atoms with Crippen LogP contribution in [0.4, 0.5) is 0 Å². The lowest BCUT2D eigenvalue weighted by atomic mass is 9.76. The Labute approximate surface area is 216 Å². The Hall–Kier alpha value is -2.98. The first kappa shape index (κ1) is 24.7. The number of hydrogen-bond donors (Lipinski definition) is 0. The zero-order valence-corrected chi connectivity index (χ0v) is 21.9. The van der Waals surface area contributed by atoms with Gasteiger partial charge >= 0.3 is 0 Å². The summed E-state index contributed by atoms with van der Waals surface area (Å²) in [5.41, 5.74) is 3.44. The molecule has 4 nitrogen and oxygen atoms in total. The minimum Gasteiger partial charge on any atom is -0.497 e. The number of rotatable bonds is 7. The molecule has 0 bridgehead atoms. The van der Waals surface area contributed by atoms with Gasteiger partial charge in [-0.1, -0.05) is 55.0 Å². The van der Waals surface area contributed by atoms with Gasteiger partial charge in [0.2, 0.25) is 0 Å². The first-order chi connectivity index (χ1) is 17.5. The predicted molar refractivity (Wildman–Crippen MR) is 146 cm³/mol. The van der Waals surface area contributed by atoms with Crippen LogP contribution in [0.1, 0.15) is 68.1 Å². The Morgan fingerprint density at radius 1 is 0.861 bits per heavy atom. The number of likely N-dealkylation sites (tertiary alicyclic amines) is 1. The van der Waals surface area contributed by atoms with E-state index in [0.29, 0.717) is 0 Å². The van der Waals surface area contributed by atoms with Gasteiger partial charge in [0.1, 0.15) is 29.5 Å². The van der Waals surface area contributed by atoms with Gasteiger partial charge in [0, 0.05) is 30.0 Å². The Bertz CT molecular complexity index is 1120. The van der Waals surface area contributed by atoms with Crippen LogP contribution in [0.3, 0.4) is 0 Å². The van der Waals surface area contributed by atoms with Gasteiger partial charge < -0.3 is 14.2 Å². The molecule has 2 heterocycles. The average molecular weight is 486 g/mol. The van der Waals surface area contributed by atoms with Crippen molar-refractivity contribution in [2.45, 2.75) is 57.0 Å². The van der Waals surface area contributed by atoms with E-state index in [1.165, 1.54) is 49.0 Å². The number of methoxy groups -OCH3 is 1. The molecule has 36 heavy (non-hydrogen) atoms. The van der Waals surface area contributed by atoms with Crippen molar-refractivity contribution in [2.75, 3.05) is 33.4 Å². The molecule has 2 aliphatic rings. The summed E-state index contributed by atoms with van der Waals surface area (Å²) < 4.78 is 18.4. The van der Waals surface area contributed by atoms with Crippen LogP contribution < -0.4 is 14.2 Å². The van der Waals surface area contributed by atoms with E-state index in [9.17, 15) is 0 Å². The fourth-order valence-corrected chi connectivity index (χ4v) is 5.83. The molecule has 190 valence electrons. The van der Waals surface area contributed by atoms with Crippen LogP contribution in [0.15, 0.2) is 72.8 Å². The quantitative estimate of drug-likeness (QED) is 0.359. The minimum absolute atomic E-state index is 0.209. The van der Waals surface area contributed by atoms with Crippen LogP contribution >= 0.6 is 0 Å². The summed E-state index contributed by atoms with van der Waals surface area (Å²) in [5.74, 6) is 3.11. The van der Waals surface area contributed by atoms with Crippen molar-refractivity contribution in [3.8, 4) is 17.2 Å². The van der Waals surface area contributed by atoms with Crippen molar-refractivity contribution < 1.29 is 14.2 Å². The molecule has 0 saturated carbocycles. The molecular formula is C32H39NO3. The molecule has 2 aliphatic heterocycles. The molecular weight excluding hydrogens is 446 g/mol. The van der Waals surface area contributed by atoms with Crippen LogP contribution in [0.2, 0.25) is 0 Å². The van der Waals surface area contributed by atoms with Gasteiger partial charge in [0.15, 0.2) is 0 Å². The topological polar surface area (TPSA) is 30.9 Å². The van der Waals surface area contributed by atoms with Crippen molar-refractivity contribution in [2.24, 2.45) is 0 Å². The van der Waals surface area contributed by atoms with Crippen LogP contribution in [0.5, 0.6) is 17.2 Å². The zero-order valence-electron chi connectivity index (χ0n) is 21.9. The molecule has 2 atom stereocenters. The molecule has 0 aromatic heterocycles. The number of hydrogen-bond acceptors (Lipinski definition) is 4. The van der Waals surface area contributed by atoms with E-state index in [1.807, 2.05) is 12.1 Å². The summed E-state index contributed by atoms with van der Waals surface area (Å²) in [6.45, 7) is 8.56. The van der Waals surface area contributed by atoms with E-state index in [4.69, 9.17) is 14.2 Å². The highest BCUT2D eigenvalue weighted by atomic mass is 16.5. The van der Waals surface area contributed by atoms with Crippen LogP contribution in [0.25, 0.3) is 0 Å². The monoisotopic (exact) mass is 485 g/mol. The van der Waals surface area contributed by atoms with Gasteiger partial charge in [0.25, 0.3) is 0 Å². The molecule has 1 saturated heterocycles. The van der Waals surface area contributed by atoms with Gasteiger partial charge in [-0.05, 0) is 75.5 Å². The number of nitrogens with zero attached hydrogens (tertiary/aromatic N) is 1. The van der Waals surface area contributed by atoms with E-state index >= 15 is 0 Å². The third-order valence-electron chi connectivity index (χ3n) is 7.89. The van der Waals surface area contributed by atoms with Gasteiger partial charge in [-0.25, -0.2) is 0 Å². The first-order valence-corrected chi connectivity index (χ1v) is 13.4. The normalized spacial score (nSPS) is 21.6. The minimum atomic E-state index is -0.366. The summed E-state index contributed by atoms with van der Waals surface area (Å²) in [5, 5.41) is 0. The number of ether oxygens (including phenoxy) is 3. The standard InChI is InChI=1S/C32H39NO3/c1-32(2)30(25-10-6-4-7-11-25)23-29(28-17-16-27(34-3)22-31(28)36-32)24-12-14-26(15-13-24)35-21-20-33-18-8-5-9-19-33/h4,6-7,10-17,22,29-30H,5,8-9,18-21,23H2,1-3H3. The van der Waals surface area contributed by atoms with Crippen molar-refractivity contribution >= 4 is 0 Å². The first-order valence-electron chi connectivity index (χ1n) is 13.4. The molecule has 0 spiro atoms. The molecule has 3 aromatic rings. The third-order valence-corrected chi connectivity index (χ3v) is 7.89. The molecule has 0 radical (unpaired) electrons. The number of piperidine rings is 1. The van der Waals surface area contributed by atoms with E-state index in [0.717, 1.165) is 36.8 Å². The summed E-state index contributed by atoms with van der Waals surface area (Å²) >= 11 is 0. The summed E-state index contributed by atoms with van der Waals surface area (Å²) in [6, 6.07) is 25.7. The van der Waals surface area contributed by atoms with Gasteiger partial charge in [-0.15, -0.1) is 0 Å². The average Bonchev–Trinajstić information content (AvgIpc) is 3.02. The molecule has 0 aliphatic carbocycles. The maximum Gasteiger partial charge on any atom is 0.127 e. The van der Waals surface area contributed by atoms with Crippen molar-refractivity contribution in [1.82, 2.24) is 4.90 Å². The maximum atomic E-state index is 6.73. The Morgan fingerprint density at radius 2 is 1.58 bits per heavy atom. The highest BCUT2D eigenvalue weighted by Gasteiger charge is 2.40. The maximum absolute atomic E-state index is 6.73. The molecule has 4 heteroatoms. The zero-order chi connectivity index (χ0) is 25.0. The lowest BCUT2D eigenvalue weighted by Gasteiger charge is -2.34. The molecule has 2 unspecified atom stereocenters. The fourth-order valence-electron chi connectivity index (χ4n) is 5.83. The lowest BCUT2D eigenvalue weighted by Crippen LogP contribution is -2.35. The highest BCUT2D eigenvalue weighted by Crippen LogP contribution is 2.49. The third kappa shape index (κ3) is 5.54. The van der Waals surface area contributed by atoms with Crippen LogP contribution in [-0.4, -0.2) is 43.9 Å². The van der Waals surface area contributed by atoms with Crippen LogP contribution in [0, 0.1) is 0 Å². The van der Waals surface area contributed by atoms with Crippen molar-refractivity contribution in [3.63, 3.8) is 0 Å². The number of fused-ring (bicyclic) bond motifs is 1. The van der Waals surface area contributed by atoms with Gasteiger partial charge in [-0.2, -0.15) is 0 Å². The van der Waals surface area contributed by atoms with Crippen molar-refractivity contribution in [1.29, 1.82) is 0 Å². The Morgan fingerprint density at radius 3 is 2.31 bits per heavy atom. The Balaban J connectivity index is 1.40. The van der Waals surface area contributed by atoms with Crippen molar-refractivity contribution in [3.05, 3.63) is 89.5 Å². The van der Waals surface area contributed by atoms with Crippen LogP contribution in [-0.2, 0) is 0 Å². The molecule has 5 rings (SSSR count). The second kappa shape index (κ2) is 11.0. The van der Waals surface area contributed by atoms with Gasteiger partial charge in [0.05, 0.1) is 7.11 Å². The lowest BCUT2D eigenvalue weighted by molar-refractivity contribution is 0.0798. The predicted octanol–water partition coefficient (Wildman–Crippen LogP) is 7.04. The largest absolute Gasteiger partial charge is 0.497 e. The highest BCUT2D eigenvalue weighted by molar-refractivity contribution is 5.49. The Kier molecular flexibility index (Phi) is 7.52. The SMILES string of the molecule is COc1ccc2c(c1)OC(C)(C)C(c1ccccc1)CC2c1ccc(OCCN2CCCCC2)cc1. The fraction of sp³-hybridized carbons (Fsp3) is 0.438. The van der Waals surface area contributed by atoms with E-state index in [-0.39, 0.29) is 17.4 Å². The smallest absolute Gasteiger partial charge is 0.127 e. The second-order valence-electron chi connectivity index (χ2n) is 10.7. The van der Waals surface area contributed by atoms with Gasteiger partial charge in [-0.3, -0.25) is 4.90 Å². The van der Waals surface area contributed by atoms with E-state index in [2.05, 4.69) is 79.4 Å². The van der Waals surface area contributed by atoms with E-state index in [1.54, 1.807) is 7.11 Å². The molecule has 0 amide bonds. The summed E-state index contributed by atoms with van der Waals surface area (Å²) in [7, 11) is 1.71. The molecule has 1 fully saturated rings. The number of benzene rings is 3. The molecule has 3 aromatic carbocycles. The molecule has 0 N–H and O–H groups in total. The van der Waals surface area contributed by atoms with E-state index < -0.39 is 0 Å². The summed E-state index contributed by atoms with van der Waals surface area (Å²) in [4.78, 5) is 2.51. The second-order valence-corrected chi connectivity index (χ2v) is 10.7. The summed E-state index contributed by atoms with van der Waals surface area (Å²) in [6.07, 6.45) is 4.95.